The largest absolute Gasteiger partial charge is 0.600 e. The van der Waals surface area contributed by atoms with Gasteiger partial charge in [0, 0.05) is 19.0 Å². The third-order valence-electron chi connectivity index (χ3n) is 8.94. The summed E-state index contributed by atoms with van der Waals surface area (Å²) in [6, 6.07) is 3.07. The predicted octanol–water partition coefficient (Wildman–Crippen LogP) is 2.61. The molecule has 5 amide bonds. The first-order chi connectivity index (χ1) is 17.9. The lowest BCUT2D eigenvalue weighted by Crippen LogP contribution is -2.54. The third kappa shape index (κ3) is 5.50. The highest BCUT2D eigenvalue weighted by molar-refractivity contribution is 5.93. The quantitative estimate of drug-likeness (QED) is 0.571. The summed E-state index contributed by atoms with van der Waals surface area (Å²) in [4.78, 5) is 59.6. The number of amides is 5. The molecular weight excluding hydrogens is 484 g/mol. The maximum absolute atomic E-state index is 13.9. The molecule has 2 N–H and O–H groups in total. The molecule has 206 valence electrons. The van der Waals surface area contributed by atoms with Gasteiger partial charge in [-0.25, -0.2) is 4.90 Å². The van der Waals surface area contributed by atoms with Gasteiger partial charge in [-0.15, -0.1) is 4.85 Å². The molecule has 0 radical (unpaired) electrons. The Kier molecular flexibility index (Phi) is 7.74. The zero-order chi connectivity index (χ0) is 27.8. The monoisotopic (exact) mass is 525 g/mol. The van der Waals surface area contributed by atoms with Crippen LogP contribution in [0, 0.1) is 51.9 Å². The van der Waals surface area contributed by atoms with Crippen LogP contribution in [-0.2, 0) is 14.4 Å². The molecule has 1 aliphatic carbocycles. The van der Waals surface area contributed by atoms with Crippen molar-refractivity contribution in [1.82, 2.24) is 20.4 Å². The highest BCUT2D eigenvalue weighted by Gasteiger charge is 2.70. The fraction of sp³-hybridized carbons (Fsp3) is 0.786. The highest BCUT2D eigenvalue weighted by Crippen LogP contribution is 2.65. The molecule has 1 unspecified atom stereocenters. The first-order valence-electron chi connectivity index (χ1n) is 13.9. The Morgan fingerprint density at radius 2 is 1.89 bits per heavy atom. The number of fused-ring (bicyclic) bond motifs is 1. The van der Waals surface area contributed by atoms with Crippen LogP contribution in [0.5, 0.6) is 0 Å². The molecule has 4 aliphatic rings. The second-order valence-electron chi connectivity index (χ2n) is 13.0. The van der Waals surface area contributed by atoms with E-state index < -0.39 is 23.4 Å². The molecule has 6 atom stereocenters. The van der Waals surface area contributed by atoms with Gasteiger partial charge in [0.15, 0.2) is 12.0 Å². The van der Waals surface area contributed by atoms with Gasteiger partial charge < -0.3 is 15.5 Å². The van der Waals surface area contributed by atoms with Gasteiger partial charge in [-0.2, -0.15) is 10.1 Å². The van der Waals surface area contributed by atoms with Gasteiger partial charge in [-0.05, 0) is 54.8 Å². The van der Waals surface area contributed by atoms with Crippen LogP contribution >= 0.6 is 0 Å². The molecule has 4 rings (SSSR count). The van der Waals surface area contributed by atoms with E-state index in [1.54, 1.807) is 9.80 Å². The number of hydrogen-bond donors (Lipinski definition) is 2. The van der Waals surface area contributed by atoms with E-state index in [1.165, 1.54) is 0 Å². The van der Waals surface area contributed by atoms with Crippen molar-refractivity contribution in [3.05, 3.63) is 4.85 Å². The van der Waals surface area contributed by atoms with E-state index in [0.717, 1.165) is 19.3 Å². The van der Waals surface area contributed by atoms with Crippen LogP contribution in [0.4, 0.5) is 4.79 Å². The number of piperidine rings is 2. The number of carbonyl (C=O) groups excluding carboxylic acids is 4. The number of nitrogens with zero attached hydrogens (tertiary/aromatic N) is 4. The topological polar surface area (TPSA) is 127 Å². The molecule has 10 heteroatoms. The fourth-order valence-electron chi connectivity index (χ4n) is 6.43. The first kappa shape index (κ1) is 27.9. The summed E-state index contributed by atoms with van der Waals surface area (Å²) in [5.74, 6) is -1.69. The minimum absolute atomic E-state index is 0.0203. The lowest BCUT2D eigenvalue weighted by Gasteiger charge is -2.34. The van der Waals surface area contributed by atoms with Crippen LogP contribution in [-0.4, -0.2) is 71.8 Å². The van der Waals surface area contributed by atoms with Crippen LogP contribution < -0.4 is 10.6 Å². The van der Waals surface area contributed by atoms with E-state index in [4.69, 9.17) is 0 Å². The van der Waals surface area contributed by atoms with Crippen LogP contribution in [0.15, 0.2) is 0 Å². The first-order valence-corrected chi connectivity index (χ1v) is 13.9. The van der Waals surface area contributed by atoms with Crippen molar-refractivity contribution in [2.24, 2.45) is 34.5 Å². The predicted molar refractivity (Wildman–Crippen MR) is 141 cm³/mol. The number of carbonyl (C=O) groups is 4. The molecule has 0 aromatic carbocycles. The summed E-state index contributed by atoms with van der Waals surface area (Å²) in [6.07, 6.45) is 3.87. The lowest BCUT2D eigenvalue weighted by atomic mass is 9.80. The Morgan fingerprint density at radius 1 is 1.21 bits per heavy atom. The number of hydrogen-bond acceptors (Lipinski definition) is 5. The molecule has 0 spiro atoms. The van der Waals surface area contributed by atoms with E-state index in [9.17, 15) is 24.4 Å². The summed E-state index contributed by atoms with van der Waals surface area (Å²) in [6.45, 7) is 12.2. The van der Waals surface area contributed by atoms with Gasteiger partial charge in [0.2, 0.25) is 17.7 Å². The van der Waals surface area contributed by atoms with Gasteiger partial charge in [0.1, 0.15) is 12.1 Å². The van der Waals surface area contributed by atoms with Crippen LogP contribution in [0.3, 0.4) is 0 Å². The minimum Gasteiger partial charge on any atom is -0.356 e. The average molecular weight is 526 g/mol. The van der Waals surface area contributed by atoms with Gasteiger partial charge >= 0.3 is 6.03 Å². The van der Waals surface area contributed by atoms with Crippen molar-refractivity contribution >= 4 is 23.8 Å². The third-order valence-corrected chi connectivity index (χ3v) is 8.94. The Balaban J connectivity index is 1.52. The summed E-state index contributed by atoms with van der Waals surface area (Å²) in [5.41, 5.74) is -0.664. The van der Waals surface area contributed by atoms with Crippen LogP contribution in [0.25, 0.3) is 4.85 Å². The van der Waals surface area contributed by atoms with E-state index in [-0.39, 0.29) is 53.3 Å². The molecule has 38 heavy (non-hydrogen) atoms. The van der Waals surface area contributed by atoms with Crippen LogP contribution in [0.2, 0.25) is 0 Å². The van der Waals surface area contributed by atoms with Crippen molar-refractivity contribution in [2.75, 3.05) is 26.2 Å². The Labute approximate surface area is 225 Å². The van der Waals surface area contributed by atoms with Gasteiger partial charge in [-0.3, -0.25) is 14.4 Å². The maximum Gasteiger partial charge on any atom is 0.600 e. The molecule has 3 saturated heterocycles. The SMILES string of the molecule is CC(C)(C)C(C#[N+]C(=O)N1CCCCC1)C(=O)N1C[C@H]2[C@@H]([C@H]1C(=O)N[C@H](C#N)C[C@@H]1CCNC1=O)C2(C)C. The number of urea groups is 1. The highest BCUT2D eigenvalue weighted by atomic mass is 16.2. The summed E-state index contributed by atoms with van der Waals surface area (Å²) >= 11 is 0. The summed E-state index contributed by atoms with van der Waals surface area (Å²) < 4.78 is 0. The van der Waals surface area contributed by atoms with Gasteiger partial charge in [0.05, 0.1) is 19.2 Å². The molecule has 3 heterocycles. The molecule has 0 aromatic heterocycles. The number of likely N-dealkylation sites (tertiary alicyclic amines) is 2. The van der Waals surface area contributed by atoms with E-state index in [1.807, 2.05) is 20.8 Å². The lowest BCUT2D eigenvalue weighted by molar-refractivity contribution is -0.144. The van der Waals surface area contributed by atoms with E-state index in [2.05, 4.69) is 41.5 Å². The van der Waals surface area contributed by atoms with E-state index >= 15 is 0 Å². The second-order valence-corrected chi connectivity index (χ2v) is 13.0. The van der Waals surface area contributed by atoms with Crippen molar-refractivity contribution in [1.29, 1.82) is 5.26 Å². The molecule has 0 bridgehead atoms. The smallest absolute Gasteiger partial charge is 0.356 e. The van der Waals surface area contributed by atoms with E-state index in [0.29, 0.717) is 32.6 Å². The number of nitrogens with one attached hydrogen (secondary N) is 2. The van der Waals surface area contributed by atoms with Crippen molar-refractivity contribution < 1.29 is 19.2 Å². The summed E-state index contributed by atoms with van der Waals surface area (Å²) in [5, 5.41) is 15.3. The maximum atomic E-state index is 13.9. The molecule has 3 aliphatic heterocycles. The Morgan fingerprint density at radius 3 is 2.47 bits per heavy atom. The normalized spacial score (nSPS) is 29.2. The average Bonchev–Trinajstić information content (AvgIpc) is 3.21. The Bertz CT molecular complexity index is 1090. The number of nitriles is 1. The van der Waals surface area contributed by atoms with Crippen molar-refractivity contribution in [3.8, 4) is 12.1 Å². The zero-order valence-electron chi connectivity index (χ0n) is 23.2. The fourth-order valence-corrected chi connectivity index (χ4v) is 6.43. The standard InChI is InChI=1S/C28H40N6O4/c1-27(2,3)19(15-31-26(38)33-11-7-6-8-12-33)25(37)34-16-20-21(28(20,4)5)22(34)24(36)32-18(14-29)13-17-9-10-30-23(17)35/h17-22H,6-13,16H2,1-5H3,(H-,30,32,35,36)/p+1/t17-,18-,19?,20-,21-,22-/m0/s1. The van der Waals surface area contributed by atoms with Crippen LogP contribution in [0.1, 0.15) is 66.7 Å². The second kappa shape index (κ2) is 10.6. The molecule has 4 fully saturated rings. The molecule has 1 saturated carbocycles. The molecular formula is C28H41N6O4+. The van der Waals surface area contributed by atoms with Crippen molar-refractivity contribution in [3.63, 3.8) is 0 Å². The zero-order valence-corrected chi connectivity index (χ0v) is 23.2. The molecule has 0 aromatic rings. The van der Waals surface area contributed by atoms with Gasteiger partial charge in [-0.1, -0.05) is 34.6 Å². The number of rotatable bonds is 5. The summed E-state index contributed by atoms with van der Waals surface area (Å²) in [7, 11) is 0. The molecule has 10 nitrogen and oxygen atoms in total. The van der Waals surface area contributed by atoms with Gasteiger partial charge in [0.25, 0.3) is 0 Å². The van der Waals surface area contributed by atoms with Crippen molar-refractivity contribution in [2.45, 2.75) is 78.8 Å². The Hall–Kier alpha value is -3.14. The minimum atomic E-state index is -0.817.